The molecule has 31 heavy (non-hydrogen) atoms. The van der Waals surface area contributed by atoms with Crippen LogP contribution in [0.3, 0.4) is 0 Å². The van der Waals surface area contributed by atoms with Gasteiger partial charge in [-0.3, -0.25) is 14.9 Å². The Morgan fingerprint density at radius 2 is 1.90 bits per heavy atom. The van der Waals surface area contributed by atoms with Crippen molar-refractivity contribution in [3.8, 4) is 10.4 Å². The molecule has 0 saturated carbocycles. The first-order chi connectivity index (χ1) is 14.9. The number of carbonyl (C=O) groups excluding carboxylic acids is 2. The highest BCUT2D eigenvalue weighted by molar-refractivity contribution is 7.16. The van der Waals surface area contributed by atoms with Crippen molar-refractivity contribution in [3.05, 3.63) is 56.9 Å². The van der Waals surface area contributed by atoms with Gasteiger partial charge < -0.3 is 10.2 Å². The summed E-state index contributed by atoms with van der Waals surface area (Å²) in [5, 5.41) is 6.60. The molecule has 1 aromatic carbocycles. The third-order valence-electron chi connectivity index (χ3n) is 5.26. The number of fused-ring (bicyclic) bond motifs is 1. The van der Waals surface area contributed by atoms with Gasteiger partial charge in [0.05, 0.1) is 11.3 Å². The molecule has 1 aliphatic rings. The van der Waals surface area contributed by atoms with Crippen LogP contribution in [0.15, 0.2) is 30.3 Å². The minimum absolute atomic E-state index is 0.105. The molecule has 162 valence electrons. The Hall–Kier alpha value is -2.55. The van der Waals surface area contributed by atoms with E-state index in [1.165, 1.54) is 16.2 Å². The molecule has 8 heteroatoms. The number of carbonyl (C=O) groups is 2. The molecule has 0 bridgehead atoms. The smallest absolute Gasteiger partial charge is 0.258 e. The van der Waals surface area contributed by atoms with Crippen molar-refractivity contribution in [3.63, 3.8) is 0 Å². The zero-order valence-electron chi connectivity index (χ0n) is 17.9. The van der Waals surface area contributed by atoms with Gasteiger partial charge in [-0.25, -0.2) is 4.98 Å². The topological polar surface area (TPSA) is 74.3 Å². The average molecular weight is 455 g/mol. The van der Waals surface area contributed by atoms with Crippen molar-refractivity contribution in [2.24, 2.45) is 0 Å². The first kappa shape index (κ1) is 21.7. The number of nitrogens with one attached hydrogen (secondary N) is 2. The van der Waals surface area contributed by atoms with Crippen LogP contribution in [0.2, 0.25) is 0 Å². The molecule has 0 fully saturated rings. The number of rotatable bonds is 7. The summed E-state index contributed by atoms with van der Waals surface area (Å²) >= 11 is 3.10. The second-order valence-corrected chi connectivity index (χ2v) is 10.2. The fraction of sp³-hybridized carbons (Fsp3) is 0.348. The highest BCUT2D eigenvalue weighted by Crippen LogP contribution is 2.35. The van der Waals surface area contributed by atoms with Gasteiger partial charge in [-0.2, -0.15) is 0 Å². The molecule has 0 aliphatic heterocycles. The van der Waals surface area contributed by atoms with Crippen molar-refractivity contribution in [2.45, 2.75) is 26.2 Å². The predicted octanol–water partition coefficient (Wildman–Crippen LogP) is 4.21. The molecule has 0 unspecified atom stereocenters. The van der Waals surface area contributed by atoms with Crippen LogP contribution in [-0.4, -0.2) is 48.9 Å². The van der Waals surface area contributed by atoms with E-state index in [1.807, 2.05) is 56.3 Å². The van der Waals surface area contributed by atoms with Gasteiger partial charge in [0, 0.05) is 38.8 Å². The van der Waals surface area contributed by atoms with Crippen molar-refractivity contribution in [1.82, 2.24) is 15.2 Å². The lowest BCUT2D eigenvalue weighted by Gasteiger charge is -2.12. The van der Waals surface area contributed by atoms with Crippen molar-refractivity contribution in [2.75, 3.05) is 32.5 Å². The van der Waals surface area contributed by atoms with E-state index < -0.39 is 0 Å². The van der Waals surface area contributed by atoms with E-state index in [1.54, 1.807) is 11.3 Å². The maximum absolute atomic E-state index is 12.9. The zero-order valence-corrected chi connectivity index (χ0v) is 19.6. The van der Waals surface area contributed by atoms with Crippen molar-refractivity contribution >= 4 is 39.6 Å². The predicted molar refractivity (Wildman–Crippen MR) is 127 cm³/mol. The first-order valence-electron chi connectivity index (χ1n) is 10.3. The quantitative estimate of drug-likeness (QED) is 0.561. The molecule has 4 rings (SSSR count). The van der Waals surface area contributed by atoms with Crippen molar-refractivity contribution < 1.29 is 9.59 Å². The number of nitrogens with zero attached hydrogens (tertiary/aromatic N) is 2. The minimum Gasteiger partial charge on any atom is -0.351 e. The number of anilines is 1. The second kappa shape index (κ2) is 9.30. The van der Waals surface area contributed by atoms with Crippen LogP contribution in [0, 0.1) is 6.92 Å². The number of thiophene rings is 1. The largest absolute Gasteiger partial charge is 0.351 e. The Morgan fingerprint density at radius 1 is 1.10 bits per heavy atom. The molecule has 2 aromatic heterocycles. The zero-order chi connectivity index (χ0) is 22.0. The van der Waals surface area contributed by atoms with Gasteiger partial charge in [0.1, 0.15) is 0 Å². The van der Waals surface area contributed by atoms with Gasteiger partial charge >= 0.3 is 0 Å². The maximum atomic E-state index is 12.9. The number of hydrogen-bond acceptors (Lipinski definition) is 6. The number of amides is 2. The first-order valence-corrected chi connectivity index (χ1v) is 12.0. The van der Waals surface area contributed by atoms with Gasteiger partial charge in [0.25, 0.3) is 11.8 Å². The Morgan fingerprint density at radius 3 is 2.68 bits per heavy atom. The molecule has 2 amide bonds. The highest BCUT2D eigenvalue weighted by Gasteiger charge is 2.21. The van der Waals surface area contributed by atoms with Gasteiger partial charge in [-0.05, 0) is 52.4 Å². The van der Waals surface area contributed by atoms with Crippen molar-refractivity contribution in [1.29, 1.82) is 0 Å². The summed E-state index contributed by atoms with van der Waals surface area (Å²) in [5.74, 6) is -0.257. The van der Waals surface area contributed by atoms with Crippen LogP contribution in [0.25, 0.3) is 10.4 Å². The van der Waals surface area contributed by atoms with Crippen LogP contribution >= 0.6 is 22.7 Å². The van der Waals surface area contributed by atoms with E-state index in [4.69, 9.17) is 0 Å². The lowest BCUT2D eigenvalue weighted by molar-refractivity contribution is 0.0951. The molecule has 3 aromatic rings. The third kappa shape index (κ3) is 4.87. The molecule has 6 nitrogen and oxygen atoms in total. The number of hydrogen-bond donors (Lipinski definition) is 2. The molecule has 0 spiro atoms. The Labute approximate surface area is 190 Å². The summed E-state index contributed by atoms with van der Waals surface area (Å²) in [6.45, 7) is 3.29. The molecule has 0 atom stereocenters. The minimum atomic E-state index is -0.152. The molecular weight excluding hydrogens is 428 g/mol. The Balaban J connectivity index is 1.53. The van der Waals surface area contributed by atoms with E-state index in [2.05, 4.69) is 15.6 Å². The lowest BCUT2D eigenvalue weighted by Crippen LogP contribution is -2.31. The fourth-order valence-corrected chi connectivity index (χ4v) is 5.73. The van der Waals surface area contributed by atoms with Gasteiger partial charge in [0.15, 0.2) is 5.13 Å². The summed E-state index contributed by atoms with van der Waals surface area (Å²) in [6, 6.07) is 9.41. The number of likely N-dealkylation sites (N-methyl/N-ethyl adjacent to an activating group) is 1. The summed E-state index contributed by atoms with van der Waals surface area (Å²) in [7, 11) is 3.95. The summed E-state index contributed by atoms with van der Waals surface area (Å²) < 4.78 is 0. The number of aryl methyl sites for hydroxylation is 3. The van der Waals surface area contributed by atoms with Crippen LogP contribution in [0.4, 0.5) is 5.13 Å². The van der Waals surface area contributed by atoms with Gasteiger partial charge in [-0.15, -0.1) is 22.7 Å². The third-order valence-corrected chi connectivity index (χ3v) is 7.42. The molecule has 0 radical (unpaired) electrons. The summed E-state index contributed by atoms with van der Waals surface area (Å²) in [6.07, 6.45) is 3.20. The number of thiazole rings is 1. The summed E-state index contributed by atoms with van der Waals surface area (Å²) in [5.41, 5.74) is 3.20. The van der Waals surface area contributed by atoms with Gasteiger partial charge in [-0.1, -0.05) is 18.2 Å². The maximum Gasteiger partial charge on any atom is 0.258 e. The van der Waals surface area contributed by atoms with Crippen LogP contribution in [0.1, 0.15) is 42.6 Å². The lowest BCUT2D eigenvalue weighted by atomic mass is 10.0. The summed E-state index contributed by atoms with van der Waals surface area (Å²) in [4.78, 5) is 35.3. The second-order valence-electron chi connectivity index (χ2n) is 7.88. The highest BCUT2D eigenvalue weighted by atomic mass is 32.1. The van der Waals surface area contributed by atoms with E-state index in [0.29, 0.717) is 22.8 Å². The average Bonchev–Trinajstić information content (AvgIpc) is 3.42. The monoisotopic (exact) mass is 454 g/mol. The SMILES string of the molecule is Cc1sc(-c2ccccc2C(=O)NCCN(C)C)cc1C(=O)Nc1nc2c(s1)CCC2. The normalized spacial score (nSPS) is 12.8. The number of aromatic nitrogens is 1. The molecule has 1 aliphatic carbocycles. The van der Waals surface area contributed by atoms with E-state index in [-0.39, 0.29) is 11.8 Å². The molecular formula is C23H26N4O2S2. The Kier molecular flexibility index (Phi) is 6.50. The number of benzene rings is 1. The van der Waals surface area contributed by atoms with E-state index >= 15 is 0 Å². The van der Waals surface area contributed by atoms with Crippen LogP contribution in [-0.2, 0) is 12.8 Å². The standard InChI is InChI=1S/C23H26N4O2S2/c1-14-17(22(29)26-23-25-18-9-6-10-19(18)31-23)13-20(30-14)15-7-4-5-8-16(15)21(28)24-11-12-27(2)3/h4-5,7-8,13H,6,9-12H2,1-3H3,(H,24,28)(H,25,26,29). The van der Waals surface area contributed by atoms with E-state index in [0.717, 1.165) is 46.8 Å². The fourth-order valence-electron chi connectivity index (χ4n) is 3.63. The van der Waals surface area contributed by atoms with Crippen LogP contribution in [0.5, 0.6) is 0 Å². The Bertz CT molecular complexity index is 1100. The molecule has 2 N–H and O–H groups in total. The van der Waals surface area contributed by atoms with Crippen LogP contribution < -0.4 is 10.6 Å². The molecule has 2 heterocycles. The molecule has 0 saturated heterocycles. The van der Waals surface area contributed by atoms with E-state index in [9.17, 15) is 9.59 Å². The van der Waals surface area contributed by atoms with Gasteiger partial charge in [0.2, 0.25) is 0 Å².